The number of carbonyl (C=O) groups excluding carboxylic acids is 1. The highest BCUT2D eigenvalue weighted by atomic mass is 16.5. The lowest BCUT2D eigenvalue weighted by Crippen LogP contribution is -2.26. The third kappa shape index (κ3) is 3.08. The van der Waals surface area contributed by atoms with Crippen LogP contribution in [0.25, 0.3) is 0 Å². The maximum Gasteiger partial charge on any atom is 0.325 e. The summed E-state index contributed by atoms with van der Waals surface area (Å²) >= 11 is 0. The van der Waals surface area contributed by atoms with E-state index in [-0.39, 0.29) is 17.9 Å². The fourth-order valence-corrected chi connectivity index (χ4v) is 1.21. The molecule has 0 aliphatic heterocycles. The van der Waals surface area contributed by atoms with E-state index in [1.54, 1.807) is 10.8 Å². The summed E-state index contributed by atoms with van der Waals surface area (Å²) in [6, 6.07) is 0. The number of nitrogens with one attached hydrogen (secondary N) is 1. The summed E-state index contributed by atoms with van der Waals surface area (Å²) in [7, 11) is 1.29. The Bertz CT molecular complexity index is 414. The molecule has 0 saturated heterocycles. The van der Waals surface area contributed by atoms with Crippen molar-refractivity contribution in [1.29, 1.82) is 0 Å². The minimum absolute atomic E-state index is 0.0606. The molecule has 88 valence electrons. The highest BCUT2D eigenvalue weighted by Crippen LogP contribution is 1.93. The van der Waals surface area contributed by atoms with Crippen LogP contribution in [0.3, 0.4) is 0 Å². The molecule has 0 aromatic carbocycles. The van der Waals surface area contributed by atoms with Crippen molar-refractivity contribution in [2.45, 2.75) is 19.9 Å². The van der Waals surface area contributed by atoms with Crippen molar-refractivity contribution in [3.8, 4) is 0 Å². The predicted molar refractivity (Wildman–Crippen MR) is 59.3 cm³/mol. The lowest BCUT2D eigenvalue weighted by molar-refractivity contribution is -0.138. The van der Waals surface area contributed by atoms with Gasteiger partial charge >= 0.3 is 5.97 Å². The van der Waals surface area contributed by atoms with Crippen LogP contribution in [0.4, 0.5) is 5.82 Å². The highest BCUT2D eigenvalue weighted by Gasteiger charge is 2.06. The van der Waals surface area contributed by atoms with Gasteiger partial charge in [0.1, 0.15) is 6.54 Å². The molecule has 1 rings (SSSR count). The van der Waals surface area contributed by atoms with Crippen LogP contribution >= 0.6 is 0 Å². The molecule has 16 heavy (non-hydrogen) atoms. The zero-order chi connectivity index (χ0) is 12.0. The molecular weight excluding hydrogens is 210 g/mol. The van der Waals surface area contributed by atoms with Crippen molar-refractivity contribution in [3.05, 3.63) is 22.7 Å². The molecule has 0 amide bonds. The second-order valence-corrected chi connectivity index (χ2v) is 3.20. The van der Waals surface area contributed by atoms with Crippen molar-refractivity contribution < 1.29 is 9.53 Å². The largest absolute Gasteiger partial charge is 0.468 e. The SMILES string of the molecule is CCCn1ccnc(NCC(=O)OC)c1=O. The summed E-state index contributed by atoms with van der Waals surface area (Å²) in [5, 5.41) is 2.64. The lowest BCUT2D eigenvalue weighted by Gasteiger charge is -2.06. The Hall–Kier alpha value is -1.85. The molecule has 1 heterocycles. The van der Waals surface area contributed by atoms with E-state index in [0.29, 0.717) is 6.54 Å². The van der Waals surface area contributed by atoms with Gasteiger partial charge in [-0.2, -0.15) is 0 Å². The van der Waals surface area contributed by atoms with Gasteiger partial charge in [0.25, 0.3) is 5.56 Å². The number of aryl methyl sites for hydroxylation is 1. The second kappa shape index (κ2) is 5.89. The number of hydrogen-bond acceptors (Lipinski definition) is 5. The summed E-state index contributed by atoms with van der Waals surface area (Å²) in [4.78, 5) is 26.5. The predicted octanol–water partition coefficient (Wildman–Crippen LogP) is 0.238. The fraction of sp³-hybridized carbons (Fsp3) is 0.500. The zero-order valence-corrected chi connectivity index (χ0v) is 9.40. The molecule has 0 saturated carbocycles. The van der Waals surface area contributed by atoms with Gasteiger partial charge in [0.15, 0.2) is 5.82 Å². The number of methoxy groups -OCH3 is 1. The number of ether oxygens (including phenoxy) is 1. The molecule has 6 heteroatoms. The van der Waals surface area contributed by atoms with Crippen molar-refractivity contribution in [3.63, 3.8) is 0 Å². The Balaban J connectivity index is 2.77. The van der Waals surface area contributed by atoms with Crippen LogP contribution < -0.4 is 10.9 Å². The number of nitrogens with zero attached hydrogens (tertiary/aromatic N) is 2. The van der Waals surface area contributed by atoms with Gasteiger partial charge in [-0.25, -0.2) is 4.98 Å². The fourth-order valence-electron chi connectivity index (χ4n) is 1.21. The molecule has 0 fully saturated rings. The molecule has 6 nitrogen and oxygen atoms in total. The van der Waals surface area contributed by atoms with Gasteiger partial charge in [-0.05, 0) is 6.42 Å². The van der Waals surface area contributed by atoms with Gasteiger partial charge in [0, 0.05) is 18.9 Å². The maximum atomic E-state index is 11.7. The molecular formula is C10H15N3O3. The van der Waals surface area contributed by atoms with E-state index >= 15 is 0 Å². The molecule has 0 unspecified atom stereocenters. The number of rotatable bonds is 5. The topological polar surface area (TPSA) is 73.2 Å². The van der Waals surface area contributed by atoms with Gasteiger partial charge in [0.05, 0.1) is 7.11 Å². The smallest absolute Gasteiger partial charge is 0.325 e. The van der Waals surface area contributed by atoms with Crippen molar-refractivity contribution in [2.24, 2.45) is 0 Å². The second-order valence-electron chi connectivity index (χ2n) is 3.20. The first kappa shape index (κ1) is 12.2. The van der Waals surface area contributed by atoms with E-state index in [4.69, 9.17) is 0 Å². The van der Waals surface area contributed by atoms with Gasteiger partial charge < -0.3 is 14.6 Å². The number of aromatic nitrogens is 2. The number of esters is 1. The van der Waals surface area contributed by atoms with Crippen molar-refractivity contribution in [2.75, 3.05) is 19.0 Å². The lowest BCUT2D eigenvalue weighted by atomic mass is 10.4. The molecule has 0 radical (unpaired) electrons. The Labute approximate surface area is 93.3 Å². The van der Waals surface area contributed by atoms with Crippen LogP contribution in [-0.4, -0.2) is 29.2 Å². The van der Waals surface area contributed by atoms with Crippen molar-refractivity contribution >= 4 is 11.8 Å². The molecule has 0 aliphatic rings. The van der Waals surface area contributed by atoms with Crippen LogP contribution in [0.5, 0.6) is 0 Å². The minimum atomic E-state index is -0.438. The summed E-state index contributed by atoms with van der Waals surface area (Å²) in [6.45, 7) is 2.55. The van der Waals surface area contributed by atoms with Gasteiger partial charge in [-0.15, -0.1) is 0 Å². The minimum Gasteiger partial charge on any atom is -0.468 e. The number of anilines is 1. The van der Waals surface area contributed by atoms with Crippen LogP contribution in [0, 0.1) is 0 Å². The first-order valence-corrected chi connectivity index (χ1v) is 5.05. The van der Waals surface area contributed by atoms with E-state index in [2.05, 4.69) is 15.0 Å². The van der Waals surface area contributed by atoms with Crippen LogP contribution in [0.15, 0.2) is 17.2 Å². The molecule has 1 aromatic rings. The maximum absolute atomic E-state index is 11.7. The van der Waals surface area contributed by atoms with Gasteiger partial charge in [0.2, 0.25) is 0 Å². The average molecular weight is 225 g/mol. The van der Waals surface area contributed by atoms with E-state index in [1.165, 1.54) is 13.3 Å². The van der Waals surface area contributed by atoms with E-state index in [0.717, 1.165) is 6.42 Å². The normalized spacial score (nSPS) is 9.88. The van der Waals surface area contributed by atoms with Gasteiger partial charge in [-0.3, -0.25) is 9.59 Å². The van der Waals surface area contributed by atoms with E-state index in [1.807, 2.05) is 6.92 Å². The quantitative estimate of drug-likeness (QED) is 0.726. The van der Waals surface area contributed by atoms with Crippen LogP contribution in [0.1, 0.15) is 13.3 Å². The van der Waals surface area contributed by atoms with E-state index < -0.39 is 5.97 Å². The third-order valence-electron chi connectivity index (χ3n) is 2.01. The standard InChI is InChI=1S/C10H15N3O3/c1-3-5-13-6-4-11-9(10(13)15)12-7-8(14)16-2/h4,6H,3,5,7H2,1-2H3,(H,11,12). The average Bonchev–Trinajstić information content (AvgIpc) is 2.30. The molecule has 0 spiro atoms. The summed E-state index contributed by atoms with van der Waals surface area (Å²) in [5.74, 6) is -0.270. The Morgan fingerprint density at radius 1 is 1.62 bits per heavy atom. The molecule has 0 bridgehead atoms. The third-order valence-corrected chi connectivity index (χ3v) is 2.01. The van der Waals surface area contributed by atoms with Crippen LogP contribution in [0.2, 0.25) is 0 Å². The Morgan fingerprint density at radius 3 is 3.00 bits per heavy atom. The molecule has 0 aliphatic carbocycles. The Kier molecular flexibility index (Phi) is 4.50. The monoisotopic (exact) mass is 225 g/mol. The van der Waals surface area contributed by atoms with Crippen molar-refractivity contribution in [1.82, 2.24) is 9.55 Å². The molecule has 1 N–H and O–H groups in total. The van der Waals surface area contributed by atoms with E-state index in [9.17, 15) is 9.59 Å². The Morgan fingerprint density at radius 2 is 2.38 bits per heavy atom. The van der Waals surface area contributed by atoms with Crippen LogP contribution in [-0.2, 0) is 16.1 Å². The molecule has 1 aromatic heterocycles. The number of carbonyl (C=O) groups is 1. The summed E-state index contributed by atoms with van der Waals surface area (Å²) < 4.78 is 6.00. The first-order chi connectivity index (χ1) is 7.69. The summed E-state index contributed by atoms with van der Waals surface area (Å²) in [5.41, 5.74) is -0.228. The molecule has 0 atom stereocenters. The van der Waals surface area contributed by atoms with Gasteiger partial charge in [-0.1, -0.05) is 6.92 Å². The summed E-state index contributed by atoms with van der Waals surface area (Å²) in [6.07, 6.45) is 4.01. The first-order valence-electron chi connectivity index (χ1n) is 5.05. The highest BCUT2D eigenvalue weighted by molar-refractivity contribution is 5.74. The zero-order valence-electron chi connectivity index (χ0n) is 9.40. The number of hydrogen-bond donors (Lipinski definition) is 1.